The van der Waals surface area contributed by atoms with Gasteiger partial charge in [0, 0.05) is 10.9 Å². The summed E-state index contributed by atoms with van der Waals surface area (Å²) < 4.78 is 0. The lowest BCUT2D eigenvalue weighted by Crippen LogP contribution is -2.48. The molecule has 1 amide bonds. The molecule has 0 fully saturated rings. The fourth-order valence-corrected chi connectivity index (χ4v) is 2.07. The van der Waals surface area contributed by atoms with Crippen LogP contribution in [-0.2, 0) is 4.79 Å². The van der Waals surface area contributed by atoms with Crippen LogP contribution in [0.15, 0.2) is 36.4 Å². The summed E-state index contributed by atoms with van der Waals surface area (Å²) in [6.07, 6.45) is 0. The summed E-state index contributed by atoms with van der Waals surface area (Å²) in [5.74, 6) is -1.42. The zero-order valence-electron chi connectivity index (χ0n) is 12.3. The Morgan fingerprint density at radius 3 is 2.43 bits per heavy atom. The first-order valence-corrected chi connectivity index (χ1v) is 6.68. The van der Waals surface area contributed by atoms with Gasteiger partial charge in [-0.25, -0.2) is 4.98 Å². The molecule has 0 bridgehead atoms. The normalized spacial score (nSPS) is 11.4. The van der Waals surface area contributed by atoms with Gasteiger partial charge in [-0.1, -0.05) is 24.3 Å². The molecular weight excluding hydrogens is 268 g/mol. The number of fused-ring (bicyclic) bond motifs is 1. The van der Waals surface area contributed by atoms with Crippen LogP contribution < -0.4 is 0 Å². The van der Waals surface area contributed by atoms with E-state index in [-0.39, 0.29) is 18.1 Å². The van der Waals surface area contributed by atoms with Crippen molar-refractivity contribution in [3.63, 3.8) is 0 Å². The van der Waals surface area contributed by atoms with Gasteiger partial charge in [0.1, 0.15) is 12.2 Å². The number of hydrogen-bond acceptors (Lipinski definition) is 3. The number of aliphatic carboxylic acids is 1. The van der Waals surface area contributed by atoms with E-state index in [1.807, 2.05) is 30.3 Å². The predicted molar refractivity (Wildman–Crippen MR) is 80.2 cm³/mol. The molecule has 0 aliphatic heterocycles. The number of amides is 1. The second-order valence-electron chi connectivity index (χ2n) is 5.85. The van der Waals surface area contributed by atoms with Gasteiger partial charge in [-0.2, -0.15) is 0 Å². The minimum atomic E-state index is -1.04. The Kier molecular flexibility index (Phi) is 3.93. The number of para-hydroxylation sites is 1. The minimum Gasteiger partial charge on any atom is -0.480 e. The minimum absolute atomic E-state index is 0.255. The molecule has 0 aliphatic rings. The van der Waals surface area contributed by atoms with Crippen molar-refractivity contribution in [2.45, 2.75) is 26.3 Å². The van der Waals surface area contributed by atoms with Crippen molar-refractivity contribution >= 4 is 22.8 Å². The third-order valence-corrected chi connectivity index (χ3v) is 3.17. The summed E-state index contributed by atoms with van der Waals surface area (Å²) in [7, 11) is 0. The molecule has 0 saturated heterocycles. The van der Waals surface area contributed by atoms with Crippen LogP contribution in [0.3, 0.4) is 0 Å². The largest absolute Gasteiger partial charge is 0.480 e. The van der Waals surface area contributed by atoms with Crippen LogP contribution in [-0.4, -0.2) is 39.0 Å². The molecule has 110 valence electrons. The van der Waals surface area contributed by atoms with Gasteiger partial charge in [-0.05, 0) is 32.9 Å². The highest BCUT2D eigenvalue weighted by Crippen LogP contribution is 2.18. The van der Waals surface area contributed by atoms with Gasteiger partial charge in [0.25, 0.3) is 5.91 Å². The van der Waals surface area contributed by atoms with Crippen molar-refractivity contribution in [2.24, 2.45) is 0 Å². The molecule has 21 heavy (non-hydrogen) atoms. The highest BCUT2D eigenvalue weighted by molar-refractivity contribution is 5.96. The Labute approximate surface area is 123 Å². The molecule has 0 atom stereocenters. The Bertz CT molecular complexity index is 689. The number of hydrogen-bond donors (Lipinski definition) is 1. The summed E-state index contributed by atoms with van der Waals surface area (Å²) in [6.45, 7) is 5.05. The molecule has 1 aromatic heterocycles. The maximum Gasteiger partial charge on any atom is 0.323 e. The second kappa shape index (κ2) is 5.52. The van der Waals surface area contributed by atoms with E-state index in [0.717, 1.165) is 5.39 Å². The number of aromatic nitrogens is 1. The number of carbonyl (C=O) groups excluding carboxylic acids is 1. The SMILES string of the molecule is CC(C)(C)N(CC(=O)O)C(=O)c1ccc2ccccc2n1. The summed E-state index contributed by atoms with van der Waals surface area (Å²) in [5, 5.41) is 9.94. The number of pyridine rings is 1. The zero-order valence-corrected chi connectivity index (χ0v) is 12.3. The van der Waals surface area contributed by atoms with Crippen molar-refractivity contribution in [2.75, 3.05) is 6.54 Å². The molecule has 5 heteroatoms. The maximum atomic E-state index is 12.6. The summed E-state index contributed by atoms with van der Waals surface area (Å²) in [4.78, 5) is 29.2. The Morgan fingerprint density at radius 2 is 1.81 bits per heavy atom. The molecule has 0 saturated carbocycles. The monoisotopic (exact) mass is 286 g/mol. The van der Waals surface area contributed by atoms with Crippen molar-refractivity contribution in [3.05, 3.63) is 42.1 Å². The first-order chi connectivity index (χ1) is 9.79. The number of rotatable bonds is 3. The van der Waals surface area contributed by atoms with Crippen LogP contribution in [0.4, 0.5) is 0 Å². The Balaban J connectivity index is 2.40. The van der Waals surface area contributed by atoms with E-state index in [1.165, 1.54) is 4.90 Å². The molecule has 5 nitrogen and oxygen atoms in total. The van der Waals surface area contributed by atoms with E-state index in [2.05, 4.69) is 4.98 Å². The van der Waals surface area contributed by atoms with Crippen LogP contribution in [0.2, 0.25) is 0 Å². The summed E-state index contributed by atoms with van der Waals surface area (Å²) in [6, 6.07) is 10.9. The average molecular weight is 286 g/mol. The van der Waals surface area contributed by atoms with Crippen molar-refractivity contribution < 1.29 is 14.7 Å². The van der Waals surface area contributed by atoms with Crippen LogP contribution >= 0.6 is 0 Å². The Hall–Kier alpha value is -2.43. The lowest BCUT2D eigenvalue weighted by Gasteiger charge is -2.34. The summed E-state index contributed by atoms with van der Waals surface area (Å²) >= 11 is 0. The number of carboxylic acid groups (broad SMARTS) is 1. The van der Waals surface area contributed by atoms with Gasteiger partial charge in [0.15, 0.2) is 0 Å². The molecule has 2 aromatic rings. The maximum absolute atomic E-state index is 12.6. The van der Waals surface area contributed by atoms with Gasteiger partial charge in [-0.15, -0.1) is 0 Å². The topological polar surface area (TPSA) is 70.5 Å². The van der Waals surface area contributed by atoms with E-state index in [0.29, 0.717) is 5.52 Å². The first-order valence-electron chi connectivity index (χ1n) is 6.68. The number of carbonyl (C=O) groups is 2. The Morgan fingerprint density at radius 1 is 1.14 bits per heavy atom. The van der Waals surface area contributed by atoms with Gasteiger partial charge in [0.2, 0.25) is 0 Å². The third-order valence-electron chi connectivity index (χ3n) is 3.17. The smallest absolute Gasteiger partial charge is 0.323 e. The second-order valence-corrected chi connectivity index (χ2v) is 5.85. The zero-order chi connectivity index (χ0) is 15.6. The predicted octanol–water partition coefficient (Wildman–Crippen LogP) is 2.56. The molecule has 2 rings (SSSR count). The molecule has 0 radical (unpaired) electrons. The average Bonchev–Trinajstić information content (AvgIpc) is 2.42. The molecule has 1 aromatic carbocycles. The fourth-order valence-electron chi connectivity index (χ4n) is 2.07. The van der Waals surface area contributed by atoms with E-state index in [4.69, 9.17) is 5.11 Å². The van der Waals surface area contributed by atoms with Gasteiger partial charge < -0.3 is 10.0 Å². The van der Waals surface area contributed by atoms with Crippen LogP contribution in [0, 0.1) is 0 Å². The molecule has 0 spiro atoms. The third kappa shape index (κ3) is 3.37. The van der Waals surface area contributed by atoms with Gasteiger partial charge in [0.05, 0.1) is 5.52 Å². The van der Waals surface area contributed by atoms with Crippen molar-refractivity contribution in [1.29, 1.82) is 0 Å². The van der Waals surface area contributed by atoms with E-state index < -0.39 is 11.5 Å². The number of nitrogens with zero attached hydrogens (tertiary/aromatic N) is 2. The van der Waals surface area contributed by atoms with E-state index in [9.17, 15) is 9.59 Å². The van der Waals surface area contributed by atoms with Crippen LogP contribution in [0.1, 0.15) is 31.3 Å². The highest BCUT2D eigenvalue weighted by Gasteiger charge is 2.29. The number of benzene rings is 1. The van der Waals surface area contributed by atoms with Crippen molar-refractivity contribution in [1.82, 2.24) is 9.88 Å². The van der Waals surface area contributed by atoms with Crippen LogP contribution in [0.25, 0.3) is 10.9 Å². The van der Waals surface area contributed by atoms with Crippen molar-refractivity contribution in [3.8, 4) is 0 Å². The van der Waals surface area contributed by atoms with Gasteiger partial charge >= 0.3 is 5.97 Å². The molecule has 1 heterocycles. The fraction of sp³-hybridized carbons (Fsp3) is 0.312. The standard InChI is InChI=1S/C16H18N2O3/c1-16(2,3)18(10-14(19)20)15(21)13-9-8-11-6-4-5-7-12(11)17-13/h4-9H,10H2,1-3H3,(H,19,20). The first kappa shape index (κ1) is 15.0. The summed E-state index contributed by atoms with van der Waals surface area (Å²) in [5.41, 5.74) is 0.375. The molecule has 0 unspecified atom stereocenters. The van der Waals surface area contributed by atoms with E-state index in [1.54, 1.807) is 26.8 Å². The van der Waals surface area contributed by atoms with Crippen LogP contribution in [0.5, 0.6) is 0 Å². The molecule has 1 N–H and O–H groups in total. The van der Waals surface area contributed by atoms with Gasteiger partial charge in [-0.3, -0.25) is 9.59 Å². The number of carboxylic acids is 1. The molecule has 0 aliphatic carbocycles. The quantitative estimate of drug-likeness (QED) is 0.941. The van der Waals surface area contributed by atoms with E-state index >= 15 is 0 Å². The lowest BCUT2D eigenvalue weighted by molar-refractivity contribution is -0.138. The molecular formula is C16H18N2O3. The highest BCUT2D eigenvalue weighted by atomic mass is 16.4. The lowest BCUT2D eigenvalue weighted by atomic mass is 10.0.